The molecule has 1 aromatic carbocycles. The summed E-state index contributed by atoms with van der Waals surface area (Å²) in [4.78, 5) is 17.1. The van der Waals surface area contributed by atoms with Gasteiger partial charge in [-0.3, -0.25) is 4.79 Å². The van der Waals surface area contributed by atoms with Crippen LogP contribution in [0.1, 0.15) is 24.6 Å². The molecule has 1 aliphatic heterocycles. The lowest BCUT2D eigenvalue weighted by Gasteiger charge is -2.27. The van der Waals surface area contributed by atoms with E-state index in [1.165, 1.54) is 0 Å². The monoisotopic (exact) mass is 329 g/mol. The minimum atomic E-state index is -0.874. The topological polar surface area (TPSA) is 88.7 Å². The van der Waals surface area contributed by atoms with Crippen LogP contribution in [0.2, 0.25) is 0 Å². The van der Waals surface area contributed by atoms with Gasteiger partial charge >= 0.3 is 5.97 Å². The summed E-state index contributed by atoms with van der Waals surface area (Å²) in [5, 5.41) is 12.6. The zero-order valence-electron chi connectivity index (χ0n) is 13.4. The van der Waals surface area contributed by atoms with E-state index >= 15 is 0 Å². The number of aliphatic carboxylic acids is 1. The molecule has 24 heavy (non-hydrogen) atoms. The maximum absolute atomic E-state index is 10.6. The quantitative estimate of drug-likeness (QED) is 0.870. The van der Waals surface area contributed by atoms with E-state index in [1.54, 1.807) is 7.11 Å². The van der Waals surface area contributed by atoms with Gasteiger partial charge in [-0.05, 0) is 24.1 Å². The van der Waals surface area contributed by atoms with Crippen LogP contribution in [-0.4, -0.2) is 41.4 Å². The SMILES string of the molecule is COc1cccc(N2CC=C(c3noc(CCC(=O)O)n3)CC2)c1. The Balaban J connectivity index is 1.65. The molecular weight excluding hydrogens is 310 g/mol. The van der Waals surface area contributed by atoms with Crippen molar-refractivity contribution in [2.45, 2.75) is 19.3 Å². The highest BCUT2D eigenvalue weighted by Crippen LogP contribution is 2.26. The molecule has 0 saturated carbocycles. The van der Waals surface area contributed by atoms with Crippen molar-refractivity contribution in [3.8, 4) is 5.75 Å². The van der Waals surface area contributed by atoms with Crippen molar-refractivity contribution in [2.24, 2.45) is 0 Å². The number of ether oxygens (including phenoxy) is 1. The molecule has 2 aromatic rings. The number of methoxy groups -OCH3 is 1. The third-order valence-corrected chi connectivity index (χ3v) is 3.94. The van der Waals surface area contributed by atoms with Crippen molar-refractivity contribution in [3.63, 3.8) is 0 Å². The Bertz CT molecular complexity index is 754. The number of aryl methyl sites for hydroxylation is 1. The molecule has 7 nitrogen and oxygen atoms in total. The second kappa shape index (κ2) is 7.16. The maximum Gasteiger partial charge on any atom is 0.303 e. The molecule has 2 heterocycles. The van der Waals surface area contributed by atoms with E-state index in [0.717, 1.165) is 36.5 Å². The van der Waals surface area contributed by atoms with E-state index in [9.17, 15) is 4.79 Å². The lowest BCUT2D eigenvalue weighted by Crippen LogP contribution is -2.28. The van der Waals surface area contributed by atoms with Crippen LogP contribution in [-0.2, 0) is 11.2 Å². The molecule has 1 aromatic heterocycles. The normalized spacial score (nSPS) is 14.4. The average Bonchev–Trinajstić information content (AvgIpc) is 3.09. The van der Waals surface area contributed by atoms with Gasteiger partial charge in [0.05, 0.1) is 13.5 Å². The van der Waals surface area contributed by atoms with Gasteiger partial charge in [0.15, 0.2) is 5.82 Å². The summed E-state index contributed by atoms with van der Waals surface area (Å²) < 4.78 is 10.4. The van der Waals surface area contributed by atoms with Crippen molar-refractivity contribution in [3.05, 3.63) is 42.1 Å². The van der Waals surface area contributed by atoms with E-state index in [-0.39, 0.29) is 12.8 Å². The molecule has 0 atom stereocenters. The molecule has 0 radical (unpaired) electrons. The van der Waals surface area contributed by atoms with Crippen LogP contribution in [0.15, 0.2) is 34.9 Å². The number of carboxylic acid groups (broad SMARTS) is 1. The molecule has 0 amide bonds. The lowest BCUT2D eigenvalue weighted by molar-refractivity contribution is -0.137. The van der Waals surface area contributed by atoms with E-state index in [0.29, 0.717) is 11.7 Å². The molecular formula is C17H19N3O4. The molecule has 7 heteroatoms. The average molecular weight is 329 g/mol. The lowest BCUT2D eigenvalue weighted by atomic mass is 10.1. The predicted molar refractivity (Wildman–Crippen MR) is 88.1 cm³/mol. The Hall–Kier alpha value is -2.83. The first kappa shape index (κ1) is 16.0. The van der Waals surface area contributed by atoms with Gasteiger partial charge in [0.1, 0.15) is 5.75 Å². The predicted octanol–water partition coefficient (Wildman–Crippen LogP) is 2.39. The van der Waals surface area contributed by atoms with Gasteiger partial charge in [0.2, 0.25) is 5.89 Å². The van der Waals surface area contributed by atoms with Crippen molar-refractivity contribution in [2.75, 3.05) is 25.1 Å². The van der Waals surface area contributed by atoms with Crippen molar-refractivity contribution < 1.29 is 19.2 Å². The molecule has 3 rings (SSSR count). The smallest absolute Gasteiger partial charge is 0.303 e. The summed E-state index contributed by atoms with van der Waals surface area (Å²) in [7, 11) is 1.66. The number of aromatic nitrogens is 2. The van der Waals surface area contributed by atoms with Crippen LogP contribution in [0.3, 0.4) is 0 Å². The first-order chi connectivity index (χ1) is 11.7. The fourth-order valence-corrected chi connectivity index (χ4v) is 2.61. The largest absolute Gasteiger partial charge is 0.497 e. The van der Waals surface area contributed by atoms with E-state index in [4.69, 9.17) is 14.4 Å². The second-order valence-electron chi connectivity index (χ2n) is 5.53. The molecule has 0 fully saturated rings. The first-order valence-corrected chi connectivity index (χ1v) is 7.78. The van der Waals surface area contributed by atoms with Gasteiger partial charge in [-0.25, -0.2) is 0 Å². The number of benzene rings is 1. The van der Waals surface area contributed by atoms with Gasteiger partial charge in [0, 0.05) is 31.3 Å². The van der Waals surface area contributed by atoms with Gasteiger partial charge in [-0.1, -0.05) is 17.3 Å². The molecule has 126 valence electrons. The Labute approximate surface area is 139 Å². The summed E-state index contributed by atoms with van der Waals surface area (Å²) in [6.07, 6.45) is 3.12. The Morgan fingerprint density at radius 3 is 3.04 bits per heavy atom. The minimum absolute atomic E-state index is 0.00962. The Morgan fingerprint density at radius 2 is 2.33 bits per heavy atom. The van der Waals surface area contributed by atoms with Gasteiger partial charge in [-0.2, -0.15) is 4.98 Å². The number of anilines is 1. The second-order valence-corrected chi connectivity index (χ2v) is 5.53. The van der Waals surface area contributed by atoms with Crippen LogP contribution in [0.4, 0.5) is 5.69 Å². The molecule has 0 spiro atoms. The third kappa shape index (κ3) is 3.73. The summed E-state index contributed by atoms with van der Waals surface area (Å²) in [6, 6.07) is 7.96. The maximum atomic E-state index is 10.6. The standard InChI is InChI=1S/C17H19N3O4/c1-23-14-4-2-3-13(11-14)20-9-7-12(8-10-20)17-18-15(24-19-17)5-6-16(21)22/h2-4,7,11H,5-6,8-10H2,1H3,(H,21,22). The molecule has 0 unspecified atom stereocenters. The van der Waals surface area contributed by atoms with Gasteiger partial charge in [0.25, 0.3) is 0 Å². The van der Waals surface area contributed by atoms with Crippen molar-refractivity contribution >= 4 is 17.2 Å². The highest BCUT2D eigenvalue weighted by atomic mass is 16.5. The zero-order chi connectivity index (χ0) is 16.9. The Morgan fingerprint density at radius 1 is 1.46 bits per heavy atom. The van der Waals surface area contributed by atoms with Crippen molar-refractivity contribution in [1.82, 2.24) is 10.1 Å². The number of hydrogen-bond donors (Lipinski definition) is 1. The molecule has 0 saturated heterocycles. The number of hydrogen-bond acceptors (Lipinski definition) is 6. The molecule has 1 N–H and O–H groups in total. The fourth-order valence-electron chi connectivity index (χ4n) is 2.61. The summed E-state index contributed by atoms with van der Waals surface area (Å²) in [6.45, 7) is 1.60. The number of carboxylic acids is 1. The van der Waals surface area contributed by atoms with Gasteiger partial charge in [-0.15, -0.1) is 0 Å². The zero-order valence-corrected chi connectivity index (χ0v) is 13.4. The van der Waals surface area contributed by atoms with Crippen LogP contribution in [0.25, 0.3) is 5.57 Å². The van der Waals surface area contributed by atoms with E-state index in [1.807, 2.05) is 18.2 Å². The highest BCUT2D eigenvalue weighted by molar-refractivity contribution is 5.67. The third-order valence-electron chi connectivity index (χ3n) is 3.94. The number of carbonyl (C=O) groups is 1. The molecule has 1 aliphatic rings. The number of nitrogens with zero attached hydrogens (tertiary/aromatic N) is 3. The molecule has 0 bridgehead atoms. The summed E-state index contributed by atoms with van der Waals surface area (Å²) in [5.74, 6) is 0.883. The highest BCUT2D eigenvalue weighted by Gasteiger charge is 2.18. The van der Waals surface area contributed by atoms with E-state index < -0.39 is 5.97 Å². The van der Waals surface area contributed by atoms with E-state index in [2.05, 4.69) is 27.2 Å². The number of rotatable bonds is 6. The van der Waals surface area contributed by atoms with Crippen LogP contribution in [0.5, 0.6) is 5.75 Å². The van der Waals surface area contributed by atoms with Crippen LogP contribution < -0.4 is 9.64 Å². The fraction of sp³-hybridized carbons (Fsp3) is 0.353. The minimum Gasteiger partial charge on any atom is -0.497 e. The first-order valence-electron chi connectivity index (χ1n) is 7.78. The van der Waals surface area contributed by atoms with Crippen LogP contribution in [0, 0.1) is 0 Å². The van der Waals surface area contributed by atoms with Gasteiger partial charge < -0.3 is 19.3 Å². The summed E-state index contributed by atoms with van der Waals surface area (Å²) in [5.41, 5.74) is 2.14. The summed E-state index contributed by atoms with van der Waals surface area (Å²) >= 11 is 0. The van der Waals surface area contributed by atoms with Crippen LogP contribution >= 0.6 is 0 Å². The molecule has 0 aliphatic carbocycles. The van der Waals surface area contributed by atoms with Crippen molar-refractivity contribution in [1.29, 1.82) is 0 Å². The Kier molecular flexibility index (Phi) is 4.79.